The van der Waals surface area contributed by atoms with E-state index in [1.54, 1.807) is 41.3 Å². The lowest BCUT2D eigenvalue weighted by Gasteiger charge is -2.31. The first-order valence-electron chi connectivity index (χ1n) is 9.16. The molecule has 2 aromatic carbocycles. The highest BCUT2D eigenvalue weighted by Gasteiger charge is 2.25. The van der Waals surface area contributed by atoms with E-state index in [2.05, 4.69) is 0 Å². The van der Waals surface area contributed by atoms with Gasteiger partial charge in [-0.05, 0) is 64.1 Å². The third-order valence-corrected chi connectivity index (χ3v) is 6.32. The summed E-state index contributed by atoms with van der Waals surface area (Å²) in [6.45, 7) is 7.83. The number of hydrogen-bond donors (Lipinski definition) is 0. The molecule has 0 bridgehead atoms. The average Bonchev–Trinajstić information content (AvgIpc) is 2.66. The SMILES string of the molecule is COc1ccccc1N(C)S(=O)(=O)c1ccc(C(=O)N(C(C)C)C(C)C)cc1. The molecule has 0 N–H and O–H groups in total. The molecular formula is C21H28N2O4S. The van der Waals surface area contributed by atoms with Crippen LogP contribution in [-0.2, 0) is 10.0 Å². The van der Waals surface area contributed by atoms with Crippen LogP contribution in [0.2, 0.25) is 0 Å². The maximum Gasteiger partial charge on any atom is 0.264 e. The summed E-state index contributed by atoms with van der Waals surface area (Å²) >= 11 is 0. The topological polar surface area (TPSA) is 66.9 Å². The van der Waals surface area contributed by atoms with Gasteiger partial charge in [-0.1, -0.05) is 12.1 Å². The number of carbonyl (C=O) groups is 1. The number of methoxy groups -OCH3 is 1. The van der Waals surface area contributed by atoms with E-state index < -0.39 is 10.0 Å². The number of ether oxygens (including phenoxy) is 1. The van der Waals surface area contributed by atoms with E-state index in [4.69, 9.17) is 4.74 Å². The van der Waals surface area contributed by atoms with Crippen LogP contribution in [0.5, 0.6) is 5.75 Å². The van der Waals surface area contributed by atoms with Crippen molar-refractivity contribution in [2.24, 2.45) is 0 Å². The van der Waals surface area contributed by atoms with Gasteiger partial charge in [-0.3, -0.25) is 9.10 Å². The van der Waals surface area contributed by atoms with Crippen molar-refractivity contribution >= 4 is 21.6 Å². The molecule has 0 radical (unpaired) electrons. The molecular weight excluding hydrogens is 376 g/mol. The normalized spacial score (nSPS) is 11.6. The van der Waals surface area contributed by atoms with Gasteiger partial charge in [0.15, 0.2) is 0 Å². The second kappa shape index (κ2) is 8.65. The molecule has 0 aliphatic rings. The molecule has 7 heteroatoms. The highest BCUT2D eigenvalue weighted by molar-refractivity contribution is 7.92. The molecule has 0 aromatic heterocycles. The van der Waals surface area contributed by atoms with Crippen molar-refractivity contribution in [3.05, 3.63) is 54.1 Å². The Kier molecular flexibility index (Phi) is 6.72. The van der Waals surface area contributed by atoms with Crippen LogP contribution in [0.25, 0.3) is 0 Å². The minimum Gasteiger partial charge on any atom is -0.495 e. The number of sulfonamides is 1. The number of para-hydroxylation sites is 2. The van der Waals surface area contributed by atoms with E-state index in [9.17, 15) is 13.2 Å². The molecule has 0 spiro atoms. The van der Waals surface area contributed by atoms with Crippen LogP contribution in [0.15, 0.2) is 53.4 Å². The Labute approximate surface area is 167 Å². The molecule has 28 heavy (non-hydrogen) atoms. The van der Waals surface area contributed by atoms with Gasteiger partial charge in [-0.2, -0.15) is 0 Å². The van der Waals surface area contributed by atoms with E-state index >= 15 is 0 Å². The largest absolute Gasteiger partial charge is 0.495 e. The number of benzene rings is 2. The van der Waals surface area contributed by atoms with Gasteiger partial charge in [0.25, 0.3) is 15.9 Å². The quantitative estimate of drug-likeness (QED) is 0.704. The maximum absolute atomic E-state index is 13.0. The second-order valence-corrected chi connectivity index (χ2v) is 9.04. The van der Waals surface area contributed by atoms with Crippen molar-refractivity contribution in [3.63, 3.8) is 0 Å². The predicted molar refractivity (Wildman–Crippen MR) is 111 cm³/mol. The summed E-state index contributed by atoms with van der Waals surface area (Å²) in [6.07, 6.45) is 0. The summed E-state index contributed by atoms with van der Waals surface area (Å²) in [4.78, 5) is 14.7. The molecule has 6 nitrogen and oxygen atoms in total. The second-order valence-electron chi connectivity index (χ2n) is 7.07. The molecule has 0 saturated carbocycles. The summed E-state index contributed by atoms with van der Waals surface area (Å²) in [5.74, 6) is 0.344. The predicted octanol–water partition coefficient (Wildman–Crippen LogP) is 3.78. The van der Waals surface area contributed by atoms with Crippen LogP contribution >= 0.6 is 0 Å². The summed E-state index contributed by atoms with van der Waals surface area (Å²) < 4.78 is 32.5. The number of carbonyl (C=O) groups excluding carboxylic acids is 1. The van der Waals surface area contributed by atoms with Crippen molar-refractivity contribution in [3.8, 4) is 5.75 Å². The molecule has 1 amide bonds. The highest BCUT2D eigenvalue weighted by atomic mass is 32.2. The molecule has 0 fully saturated rings. The Morgan fingerprint density at radius 2 is 1.46 bits per heavy atom. The van der Waals surface area contributed by atoms with Gasteiger partial charge < -0.3 is 9.64 Å². The van der Waals surface area contributed by atoms with Crippen LogP contribution in [0.3, 0.4) is 0 Å². The Morgan fingerprint density at radius 1 is 0.929 bits per heavy atom. The van der Waals surface area contributed by atoms with E-state index in [1.165, 1.54) is 30.6 Å². The highest BCUT2D eigenvalue weighted by Crippen LogP contribution is 2.31. The number of anilines is 1. The Balaban J connectivity index is 2.35. The molecule has 0 heterocycles. The number of nitrogens with zero attached hydrogens (tertiary/aromatic N) is 2. The molecule has 2 rings (SSSR count). The smallest absolute Gasteiger partial charge is 0.264 e. The molecule has 152 valence electrons. The van der Waals surface area contributed by atoms with Gasteiger partial charge in [-0.25, -0.2) is 8.42 Å². The van der Waals surface area contributed by atoms with Crippen molar-refractivity contribution in [1.29, 1.82) is 0 Å². The van der Waals surface area contributed by atoms with Crippen LogP contribution < -0.4 is 9.04 Å². The Hall–Kier alpha value is -2.54. The number of rotatable bonds is 7. The first-order valence-corrected chi connectivity index (χ1v) is 10.6. The lowest BCUT2D eigenvalue weighted by atomic mass is 10.1. The van der Waals surface area contributed by atoms with Gasteiger partial charge in [-0.15, -0.1) is 0 Å². The fourth-order valence-electron chi connectivity index (χ4n) is 3.16. The maximum atomic E-state index is 13.0. The van der Waals surface area contributed by atoms with Crippen LogP contribution in [0.4, 0.5) is 5.69 Å². The minimum absolute atomic E-state index is 0.0487. The van der Waals surface area contributed by atoms with Gasteiger partial charge in [0.1, 0.15) is 5.75 Å². The van der Waals surface area contributed by atoms with Gasteiger partial charge >= 0.3 is 0 Å². The fraction of sp³-hybridized carbons (Fsp3) is 0.381. The van der Waals surface area contributed by atoms with Crippen molar-refractivity contribution in [2.45, 2.75) is 44.7 Å². The van der Waals surface area contributed by atoms with Gasteiger partial charge in [0, 0.05) is 24.7 Å². The van der Waals surface area contributed by atoms with Crippen LogP contribution in [0.1, 0.15) is 38.1 Å². The molecule has 2 aromatic rings. The average molecular weight is 405 g/mol. The standard InChI is InChI=1S/C21H28N2O4S/c1-15(2)23(16(3)4)21(24)17-11-13-18(14-12-17)28(25,26)22(5)19-9-7-8-10-20(19)27-6/h7-16H,1-6H3. The first kappa shape index (κ1) is 21.8. The summed E-state index contributed by atoms with van der Waals surface area (Å²) in [5.41, 5.74) is 0.900. The zero-order chi connectivity index (χ0) is 21.1. The fourth-order valence-corrected chi connectivity index (χ4v) is 4.37. The molecule has 0 unspecified atom stereocenters. The first-order chi connectivity index (χ1) is 13.1. The molecule has 0 aliphatic carbocycles. The number of hydrogen-bond acceptors (Lipinski definition) is 4. The Bertz CT molecular complexity index is 914. The van der Waals surface area contributed by atoms with Crippen molar-refractivity contribution in [2.75, 3.05) is 18.5 Å². The molecule has 0 saturated heterocycles. The van der Waals surface area contributed by atoms with Gasteiger partial charge in [0.2, 0.25) is 0 Å². The van der Waals surface area contributed by atoms with E-state index in [0.717, 1.165) is 0 Å². The van der Waals surface area contributed by atoms with E-state index in [1.807, 2.05) is 27.7 Å². The third-order valence-electron chi connectivity index (χ3n) is 4.53. The minimum atomic E-state index is -3.79. The number of amides is 1. The lowest BCUT2D eigenvalue weighted by Crippen LogP contribution is -2.42. The summed E-state index contributed by atoms with van der Waals surface area (Å²) in [6, 6.07) is 13.1. The monoisotopic (exact) mass is 404 g/mol. The van der Waals surface area contributed by atoms with Gasteiger partial charge in [0.05, 0.1) is 17.7 Å². The van der Waals surface area contributed by atoms with Crippen molar-refractivity contribution in [1.82, 2.24) is 4.90 Å². The zero-order valence-electron chi connectivity index (χ0n) is 17.2. The Morgan fingerprint density at radius 3 is 1.96 bits per heavy atom. The van der Waals surface area contributed by atoms with Crippen molar-refractivity contribution < 1.29 is 17.9 Å². The molecule has 0 aliphatic heterocycles. The summed E-state index contributed by atoms with van der Waals surface area (Å²) in [5, 5.41) is 0. The van der Waals surface area contributed by atoms with E-state index in [0.29, 0.717) is 17.0 Å². The summed E-state index contributed by atoms with van der Waals surface area (Å²) in [7, 11) is -0.819. The molecule has 0 atom stereocenters. The zero-order valence-corrected chi connectivity index (χ0v) is 18.0. The van der Waals surface area contributed by atoms with Crippen LogP contribution in [0, 0.1) is 0 Å². The third kappa shape index (κ3) is 4.30. The van der Waals surface area contributed by atoms with Crippen LogP contribution in [-0.4, -0.2) is 45.5 Å². The lowest BCUT2D eigenvalue weighted by molar-refractivity contribution is 0.0643. The van der Waals surface area contributed by atoms with E-state index in [-0.39, 0.29) is 22.9 Å².